The molecule has 0 spiro atoms. The van der Waals surface area contributed by atoms with E-state index in [1.165, 1.54) is 12.8 Å². The van der Waals surface area contributed by atoms with Crippen LogP contribution in [0.4, 0.5) is 0 Å². The van der Waals surface area contributed by atoms with Crippen LogP contribution < -0.4 is 5.73 Å². The highest BCUT2D eigenvalue weighted by Gasteiger charge is 2.25. The molecule has 1 saturated carbocycles. The maximum absolute atomic E-state index is 5.36. The van der Waals surface area contributed by atoms with Crippen LogP contribution in [-0.2, 0) is 0 Å². The summed E-state index contributed by atoms with van der Waals surface area (Å²) in [5.74, 6) is 0.744. The van der Waals surface area contributed by atoms with Gasteiger partial charge in [0.2, 0.25) is 0 Å². The number of thiol groups is 1. The van der Waals surface area contributed by atoms with Crippen molar-refractivity contribution in [3.8, 4) is 0 Å². The van der Waals surface area contributed by atoms with Gasteiger partial charge in [-0.3, -0.25) is 0 Å². The molecule has 0 aromatic heterocycles. The number of hydrogen-bond donors (Lipinski definition) is 2. The van der Waals surface area contributed by atoms with Crippen LogP contribution in [0.2, 0.25) is 0 Å². The van der Waals surface area contributed by atoms with Gasteiger partial charge in [-0.2, -0.15) is 12.6 Å². The van der Waals surface area contributed by atoms with Gasteiger partial charge in [-0.1, -0.05) is 0 Å². The average molecular weight is 103 g/mol. The normalized spacial score (nSPS) is 27.0. The zero-order chi connectivity index (χ0) is 4.57. The molecule has 1 unspecified atom stereocenters. The van der Waals surface area contributed by atoms with Crippen LogP contribution in [0.5, 0.6) is 0 Å². The molecule has 1 rings (SSSR count). The van der Waals surface area contributed by atoms with Crippen molar-refractivity contribution in [1.29, 1.82) is 0 Å². The van der Waals surface area contributed by atoms with Gasteiger partial charge in [-0.15, -0.1) is 0 Å². The minimum atomic E-state index is 0.157. The first kappa shape index (κ1) is 4.47. The quantitative estimate of drug-likeness (QED) is 0.369. The lowest BCUT2D eigenvalue weighted by Crippen LogP contribution is -2.13. The van der Waals surface area contributed by atoms with E-state index in [2.05, 4.69) is 12.6 Å². The first-order valence-electron chi connectivity index (χ1n) is 2.24. The van der Waals surface area contributed by atoms with Gasteiger partial charge in [0.25, 0.3) is 0 Å². The van der Waals surface area contributed by atoms with Crippen LogP contribution >= 0.6 is 12.6 Å². The van der Waals surface area contributed by atoms with E-state index in [4.69, 9.17) is 5.73 Å². The molecule has 1 atom stereocenters. The second kappa shape index (κ2) is 1.43. The maximum atomic E-state index is 5.36. The molecule has 0 saturated heterocycles. The molecule has 1 aliphatic carbocycles. The van der Waals surface area contributed by atoms with Crippen molar-refractivity contribution in [2.24, 2.45) is 11.7 Å². The average Bonchev–Trinajstić information content (AvgIpc) is 2.06. The Kier molecular flexibility index (Phi) is 1.06. The van der Waals surface area contributed by atoms with Crippen LogP contribution in [0.1, 0.15) is 12.8 Å². The third-order valence-electron chi connectivity index (χ3n) is 1.10. The molecule has 2 heteroatoms. The van der Waals surface area contributed by atoms with E-state index in [-0.39, 0.29) is 5.37 Å². The number of rotatable bonds is 1. The van der Waals surface area contributed by atoms with E-state index in [0.29, 0.717) is 0 Å². The Hall–Kier alpha value is 0.310. The third-order valence-corrected chi connectivity index (χ3v) is 1.53. The summed E-state index contributed by atoms with van der Waals surface area (Å²) in [4.78, 5) is 0. The Morgan fingerprint density at radius 2 is 2.17 bits per heavy atom. The molecule has 0 amide bonds. The minimum Gasteiger partial charge on any atom is -0.319 e. The highest BCUT2D eigenvalue weighted by atomic mass is 32.1. The van der Waals surface area contributed by atoms with Gasteiger partial charge in [-0.05, 0) is 18.8 Å². The molecule has 6 heavy (non-hydrogen) atoms. The highest BCUT2D eigenvalue weighted by Crippen LogP contribution is 2.32. The van der Waals surface area contributed by atoms with Crippen molar-refractivity contribution in [2.75, 3.05) is 0 Å². The van der Waals surface area contributed by atoms with Gasteiger partial charge in [0.1, 0.15) is 0 Å². The number of nitrogens with two attached hydrogens (primary N) is 1. The van der Waals surface area contributed by atoms with Gasteiger partial charge < -0.3 is 5.73 Å². The second-order valence-electron chi connectivity index (χ2n) is 1.83. The first-order valence-corrected chi connectivity index (χ1v) is 2.76. The summed E-state index contributed by atoms with van der Waals surface area (Å²) in [6.45, 7) is 0. The van der Waals surface area contributed by atoms with E-state index >= 15 is 0 Å². The lowest BCUT2D eigenvalue weighted by molar-refractivity contribution is 0.794. The third kappa shape index (κ3) is 0.884. The van der Waals surface area contributed by atoms with E-state index in [9.17, 15) is 0 Å². The fourth-order valence-corrected chi connectivity index (χ4v) is 0.736. The van der Waals surface area contributed by atoms with Crippen LogP contribution in [0.25, 0.3) is 0 Å². The molecule has 0 bridgehead atoms. The smallest absolute Gasteiger partial charge is 0.0505 e. The monoisotopic (exact) mass is 103 g/mol. The molecule has 1 aliphatic rings. The van der Waals surface area contributed by atoms with Crippen molar-refractivity contribution in [1.82, 2.24) is 0 Å². The van der Waals surface area contributed by atoms with Gasteiger partial charge in [0, 0.05) is 0 Å². The molecular formula is C4H9NS. The van der Waals surface area contributed by atoms with Crippen LogP contribution in [0, 0.1) is 5.92 Å². The predicted molar refractivity (Wildman–Crippen MR) is 29.7 cm³/mol. The largest absolute Gasteiger partial charge is 0.319 e. The zero-order valence-corrected chi connectivity index (χ0v) is 4.49. The van der Waals surface area contributed by atoms with E-state index in [0.717, 1.165) is 5.92 Å². The summed E-state index contributed by atoms with van der Waals surface area (Å²) in [7, 11) is 0. The van der Waals surface area contributed by atoms with Gasteiger partial charge in [0.05, 0.1) is 5.37 Å². The summed E-state index contributed by atoms with van der Waals surface area (Å²) in [5.41, 5.74) is 5.36. The molecule has 0 aliphatic heterocycles. The Morgan fingerprint density at radius 3 is 2.17 bits per heavy atom. The van der Waals surface area contributed by atoms with Crippen LogP contribution in [0.15, 0.2) is 0 Å². The minimum absolute atomic E-state index is 0.157. The van der Waals surface area contributed by atoms with Crippen LogP contribution in [0.3, 0.4) is 0 Å². The zero-order valence-electron chi connectivity index (χ0n) is 3.59. The van der Waals surface area contributed by atoms with Gasteiger partial charge >= 0.3 is 0 Å². The summed E-state index contributed by atoms with van der Waals surface area (Å²) < 4.78 is 0. The molecule has 0 aromatic rings. The fraction of sp³-hybridized carbons (Fsp3) is 1.00. The second-order valence-corrected chi connectivity index (χ2v) is 2.42. The topological polar surface area (TPSA) is 26.0 Å². The molecule has 36 valence electrons. The first-order chi connectivity index (χ1) is 2.80. The van der Waals surface area contributed by atoms with Crippen LogP contribution in [-0.4, -0.2) is 5.37 Å². The Bertz CT molecular complexity index is 49.5. The van der Waals surface area contributed by atoms with Crippen molar-refractivity contribution in [3.63, 3.8) is 0 Å². The summed E-state index contributed by atoms with van der Waals surface area (Å²) in [6.07, 6.45) is 2.59. The predicted octanol–water partition coefficient (Wildman–Crippen LogP) is 0.611. The van der Waals surface area contributed by atoms with Crippen molar-refractivity contribution in [2.45, 2.75) is 18.2 Å². The fourth-order valence-electron chi connectivity index (χ4n) is 0.438. The molecular weight excluding hydrogens is 94.1 g/mol. The maximum Gasteiger partial charge on any atom is 0.0505 e. The van der Waals surface area contributed by atoms with E-state index in [1.807, 2.05) is 0 Å². The molecule has 1 fully saturated rings. The van der Waals surface area contributed by atoms with Crippen molar-refractivity contribution >= 4 is 12.6 Å². The lowest BCUT2D eigenvalue weighted by Gasteiger charge is -1.94. The molecule has 0 radical (unpaired) electrons. The summed E-state index contributed by atoms with van der Waals surface area (Å²) in [6, 6.07) is 0. The molecule has 1 nitrogen and oxygen atoms in total. The molecule has 0 heterocycles. The van der Waals surface area contributed by atoms with Crippen molar-refractivity contribution in [3.05, 3.63) is 0 Å². The summed E-state index contributed by atoms with van der Waals surface area (Å²) in [5, 5.41) is 0.157. The molecule has 0 aromatic carbocycles. The summed E-state index contributed by atoms with van der Waals surface area (Å²) >= 11 is 4.03. The van der Waals surface area contributed by atoms with Crippen molar-refractivity contribution < 1.29 is 0 Å². The lowest BCUT2D eigenvalue weighted by atomic mass is 10.4. The Balaban J connectivity index is 2.13. The van der Waals surface area contributed by atoms with Gasteiger partial charge in [-0.25, -0.2) is 0 Å². The standard InChI is InChI=1S/C4H9NS/c5-4(6)3-1-2-3/h3-4,6H,1-2,5H2. The molecule has 2 N–H and O–H groups in total. The number of hydrogen-bond acceptors (Lipinski definition) is 2. The highest BCUT2D eigenvalue weighted by molar-refractivity contribution is 7.80. The SMILES string of the molecule is NC(S)C1CC1. The van der Waals surface area contributed by atoms with E-state index < -0.39 is 0 Å². The Morgan fingerprint density at radius 1 is 1.67 bits per heavy atom. The van der Waals surface area contributed by atoms with Gasteiger partial charge in [0.15, 0.2) is 0 Å². The Labute approximate surface area is 43.3 Å². The van der Waals surface area contributed by atoms with E-state index in [1.54, 1.807) is 0 Å².